The summed E-state index contributed by atoms with van der Waals surface area (Å²) in [6.07, 6.45) is 6.09. The average Bonchev–Trinajstić information content (AvgIpc) is 2.79. The van der Waals surface area contributed by atoms with Crippen LogP contribution < -0.4 is 10.6 Å². The molecular weight excluding hydrogens is 216 g/mol. The van der Waals surface area contributed by atoms with Gasteiger partial charge in [-0.05, 0) is 38.9 Å². The second-order valence-electron chi connectivity index (χ2n) is 4.88. The predicted octanol–water partition coefficient (Wildman–Crippen LogP) is 0.531. The SMILES string of the molecule is CC1(NC(=O)CCn2cccn2)CCNCC1. The highest BCUT2D eigenvalue weighted by molar-refractivity contribution is 5.76. The van der Waals surface area contributed by atoms with E-state index in [-0.39, 0.29) is 11.4 Å². The molecule has 94 valence electrons. The van der Waals surface area contributed by atoms with Crippen molar-refractivity contribution in [3.8, 4) is 0 Å². The first kappa shape index (κ1) is 12.1. The van der Waals surface area contributed by atoms with Crippen molar-refractivity contribution >= 4 is 5.91 Å². The molecular formula is C12H20N4O. The third-order valence-electron chi connectivity index (χ3n) is 3.28. The van der Waals surface area contributed by atoms with Crippen molar-refractivity contribution in [2.45, 2.75) is 38.3 Å². The van der Waals surface area contributed by atoms with E-state index in [0.29, 0.717) is 13.0 Å². The summed E-state index contributed by atoms with van der Waals surface area (Å²) in [7, 11) is 0. The molecule has 5 nitrogen and oxygen atoms in total. The maximum absolute atomic E-state index is 11.8. The molecule has 5 heteroatoms. The number of carbonyl (C=O) groups is 1. The number of hydrogen-bond donors (Lipinski definition) is 2. The van der Waals surface area contributed by atoms with E-state index in [0.717, 1.165) is 25.9 Å². The third kappa shape index (κ3) is 3.56. The van der Waals surface area contributed by atoms with Gasteiger partial charge in [0.25, 0.3) is 0 Å². The molecule has 1 saturated heterocycles. The van der Waals surface area contributed by atoms with Crippen molar-refractivity contribution in [1.82, 2.24) is 20.4 Å². The van der Waals surface area contributed by atoms with Crippen LogP contribution >= 0.6 is 0 Å². The van der Waals surface area contributed by atoms with Gasteiger partial charge in [-0.15, -0.1) is 0 Å². The number of carbonyl (C=O) groups excluding carboxylic acids is 1. The van der Waals surface area contributed by atoms with Crippen molar-refractivity contribution < 1.29 is 4.79 Å². The van der Waals surface area contributed by atoms with E-state index < -0.39 is 0 Å². The van der Waals surface area contributed by atoms with Crippen molar-refractivity contribution in [3.63, 3.8) is 0 Å². The number of rotatable bonds is 4. The Kier molecular flexibility index (Phi) is 3.78. The highest BCUT2D eigenvalue weighted by Gasteiger charge is 2.27. The summed E-state index contributed by atoms with van der Waals surface area (Å²) >= 11 is 0. The fourth-order valence-corrected chi connectivity index (χ4v) is 2.15. The molecule has 0 aliphatic carbocycles. The summed E-state index contributed by atoms with van der Waals surface area (Å²) in [6, 6.07) is 1.87. The minimum Gasteiger partial charge on any atom is -0.351 e. The van der Waals surface area contributed by atoms with E-state index in [1.54, 1.807) is 10.9 Å². The third-order valence-corrected chi connectivity index (χ3v) is 3.28. The number of aryl methyl sites for hydroxylation is 1. The lowest BCUT2D eigenvalue weighted by molar-refractivity contribution is -0.123. The van der Waals surface area contributed by atoms with Crippen molar-refractivity contribution in [3.05, 3.63) is 18.5 Å². The lowest BCUT2D eigenvalue weighted by Gasteiger charge is -2.35. The fourth-order valence-electron chi connectivity index (χ4n) is 2.15. The highest BCUT2D eigenvalue weighted by Crippen LogP contribution is 2.17. The number of hydrogen-bond acceptors (Lipinski definition) is 3. The Balaban J connectivity index is 1.76. The molecule has 1 fully saturated rings. The van der Waals surface area contributed by atoms with Gasteiger partial charge in [0.15, 0.2) is 0 Å². The normalized spacial score (nSPS) is 18.9. The van der Waals surface area contributed by atoms with Crippen LogP contribution in [0.1, 0.15) is 26.2 Å². The summed E-state index contributed by atoms with van der Waals surface area (Å²) in [5.41, 5.74) is -0.0353. The first-order valence-electron chi connectivity index (χ1n) is 6.17. The summed E-state index contributed by atoms with van der Waals surface area (Å²) in [5, 5.41) is 10.5. The summed E-state index contributed by atoms with van der Waals surface area (Å²) in [5.74, 6) is 0.116. The maximum Gasteiger partial charge on any atom is 0.222 e. The molecule has 0 atom stereocenters. The maximum atomic E-state index is 11.8. The van der Waals surface area contributed by atoms with Gasteiger partial charge in [-0.1, -0.05) is 0 Å². The van der Waals surface area contributed by atoms with Crippen LogP contribution in [0.2, 0.25) is 0 Å². The lowest BCUT2D eigenvalue weighted by Crippen LogP contribution is -2.52. The van der Waals surface area contributed by atoms with Gasteiger partial charge in [0.2, 0.25) is 5.91 Å². The van der Waals surface area contributed by atoms with E-state index in [1.807, 2.05) is 12.3 Å². The zero-order chi connectivity index (χ0) is 12.1. The smallest absolute Gasteiger partial charge is 0.222 e. The fraction of sp³-hybridized carbons (Fsp3) is 0.667. The van der Waals surface area contributed by atoms with Crippen LogP contribution in [0.25, 0.3) is 0 Å². The minimum atomic E-state index is -0.0353. The molecule has 17 heavy (non-hydrogen) atoms. The molecule has 1 aromatic heterocycles. The average molecular weight is 236 g/mol. The summed E-state index contributed by atoms with van der Waals surface area (Å²) < 4.78 is 1.78. The molecule has 2 rings (SSSR count). The van der Waals surface area contributed by atoms with Gasteiger partial charge in [-0.3, -0.25) is 9.48 Å². The Hall–Kier alpha value is -1.36. The Morgan fingerprint density at radius 3 is 2.94 bits per heavy atom. The van der Waals surface area contributed by atoms with Gasteiger partial charge >= 0.3 is 0 Å². The van der Waals surface area contributed by atoms with E-state index >= 15 is 0 Å². The predicted molar refractivity (Wildman–Crippen MR) is 65.5 cm³/mol. The minimum absolute atomic E-state index is 0.0353. The van der Waals surface area contributed by atoms with Crippen LogP contribution in [0.5, 0.6) is 0 Å². The van der Waals surface area contributed by atoms with Gasteiger partial charge < -0.3 is 10.6 Å². The monoisotopic (exact) mass is 236 g/mol. The Labute approximate surface area is 102 Å². The molecule has 2 N–H and O–H groups in total. The van der Waals surface area contributed by atoms with E-state index in [1.165, 1.54) is 0 Å². The van der Waals surface area contributed by atoms with Crippen LogP contribution in [0, 0.1) is 0 Å². The number of piperidine rings is 1. The van der Waals surface area contributed by atoms with Crippen molar-refractivity contribution in [1.29, 1.82) is 0 Å². The van der Waals surface area contributed by atoms with E-state index in [2.05, 4.69) is 22.7 Å². The van der Waals surface area contributed by atoms with Crippen LogP contribution in [-0.2, 0) is 11.3 Å². The second kappa shape index (κ2) is 5.31. The Morgan fingerprint density at radius 2 is 2.29 bits per heavy atom. The van der Waals surface area contributed by atoms with Gasteiger partial charge in [-0.25, -0.2) is 0 Å². The topological polar surface area (TPSA) is 59.0 Å². The number of nitrogens with zero attached hydrogens (tertiary/aromatic N) is 2. The molecule has 1 aliphatic heterocycles. The van der Waals surface area contributed by atoms with E-state index in [4.69, 9.17) is 0 Å². The first-order valence-corrected chi connectivity index (χ1v) is 6.17. The molecule has 0 bridgehead atoms. The molecule has 1 aromatic rings. The molecule has 0 spiro atoms. The lowest BCUT2D eigenvalue weighted by atomic mass is 9.90. The van der Waals surface area contributed by atoms with Crippen LogP contribution in [0.15, 0.2) is 18.5 Å². The number of amides is 1. The molecule has 0 radical (unpaired) electrons. The Morgan fingerprint density at radius 1 is 1.53 bits per heavy atom. The molecule has 1 amide bonds. The standard InChI is InChI=1S/C12H20N4O/c1-12(4-7-13-8-5-12)15-11(17)3-10-16-9-2-6-14-16/h2,6,9,13H,3-5,7-8,10H2,1H3,(H,15,17). The molecule has 0 aromatic carbocycles. The summed E-state index contributed by atoms with van der Waals surface area (Å²) in [6.45, 7) is 4.73. The van der Waals surface area contributed by atoms with Gasteiger partial charge in [-0.2, -0.15) is 5.10 Å². The molecule has 0 saturated carbocycles. The largest absolute Gasteiger partial charge is 0.351 e. The molecule has 0 unspecified atom stereocenters. The first-order chi connectivity index (χ1) is 8.18. The van der Waals surface area contributed by atoms with Crippen LogP contribution in [0.4, 0.5) is 0 Å². The highest BCUT2D eigenvalue weighted by atomic mass is 16.1. The Bertz CT molecular complexity index is 355. The number of aromatic nitrogens is 2. The van der Waals surface area contributed by atoms with Gasteiger partial charge in [0.1, 0.15) is 0 Å². The second-order valence-corrected chi connectivity index (χ2v) is 4.88. The van der Waals surface area contributed by atoms with Crippen molar-refractivity contribution in [2.75, 3.05) is 13.1 Å². The zero-order valence-corrected chi connectivity index (χ0v) is 10.3. The van der Waals surface area contributed by atoms with Crippen molar-refractivity contribution in [2.24, 2.45) is 0 Å². The number of nitrogens with one attached hydrogen (secondary N) is 2. The quantitative estimate of drug-likeness (QED) is 0.802. The molecule has 1 aliphatic rings. The molecule has 2 heterocycles. The van der Waals surface area contributed by atoms with E-state index in [9.17, 15) is 4.79 Å². The zero-order valence-electron chi connectivity index (χ0n) is 10.3. The van der Waals surface area contributed by atoms with Gasteiger partial charge in [0, 0.05) is 30.9 Å². The summed E-state index contributed by atoms with van der Waals surface area (Å²) in [4.78, 5) is 11.8. The van der Waals surface area contributed by atoms with Gasteiger partial charge in [0.05, 0.1) is 0 Å². The van der Waals surface area contributed by atoms with Crippen LogP contribution in [0.3, 0.4) is 0 Å². The van der Waals surface area contributed by atoms with Crippen LogP contribution in [-0.4, -0.2) is 34.3 Å².